The van der Waals surface area contributed by atoms with E-state index in [0.717, 1.165) is 6.07 Å². The van der Waals surface area contributed by atoms with Crippen molar-refractivity contribution in [3.05, 3.63) is 51.7 Å². The second kappa shape index (κ2) is 6.13. The van der Waals surface area contributed by atoms with Crippen LogP contribution >= 0.6 is 15.9 Å². The zero-order valence-corrected chi connectivity index (χ0v) is 13.0. The summed E-state index contributed by atoms with van der Waals surface area (Å²) in [6.07, 6.45) is 0. The fraction of sp³-hybridized carbons (Fsp3) is 0.133. The highest BCUT2D eigenvalue weighted by molar-refractivity contribution is 9.10. The number of carbonyl (C=O) groups is 1. The number of hydrogen-bond acceptors (Lipinski definition) is 4. The lowest BCUT2D eigenvalue weighted by molar-refractivity contribution is 0.103. The standard InChI is InChI=1S/C15H13BrFNO3/c1-20-8-3-4-14(21-2)10(5-8)15(19)9-6-13(18)12(17)7-11(9)16/h3-7H,18H2,1-2H3. The van der Waals surface area contributed by atoms with E-state index in [-0.39, 0.29) is 17.0 Å². The summed E-state index contributed by atoms with van der Waals surface area (Å²) in [5.41, 5.74) is 5.99. The molecule has 0 saturated carbocycles. The Bertz CT molecular complexity index is 704. The summed E-state index contributed by atoms with van der Waals surface area (Å²) in [6, 6.07) is 7.33. The lowest BCUT2D eigenvalue weighted by atomic mass is 10.0. The van der Waals surface area contributed by atoms with Crippen molar-refractivity contribution >= 4 is 27.4 Å². The fourth-order valence-electron chi connectivity index (χ4n) is 1.88. The molecule has 0 saturated heterocycles. The number of ether oxygens (including phenoxy) is 2. The minimum absolute atomic E-state index is 0.0941. The highest BCUT2D eigenvalue weighted by Gasteiger charge is 2.19. The molecule has 21 heavy (non-hydrogen) atoms. The molecule has 0 aliphatic heterocycles. The monoisotopic (exact) mass is 353 g/mol. The molecule has 0 aliphatic rings. The first-order valence-corrected chi connectivity index (χ1v) is 6.78. The van der Waals surface area contributed by atoms with Crippen molar-refractivity contribution in [2.24, 2.45) is 0 Å². The lowest BCUT2D eigenvalue weighted by Gasteiger charge is -2.11. The van der Waals surface area contributed by atoms with Crippen LogP contribution in [0.25, 0.3) is 0 Å². The van der Waals surface area contributed by atoms with Crippen LogP contribution in [-0.4, -0.2) is 20.0 Å². The molecule has 0 atom stereocenters. The molecule has 0 bridgehead atoms. The second-order valence-corrected chi connectivity index (χ2v) is 5.10. The van der Waals surface area contributed by atoms with Crippen LogP contribution in [0.3, 0.4) is 0 Å². The molecule has 6 heteroatoms. The predicted octanol–water partition coefficient (Wildman–Crippen LogP) is 3.42. The quantitative estimate of drug-likeness (QED) is 0.675. The van der Waals surface area contributed by atoms with E-state index < -0.39 is 5.82 Å². The van der Waals surface area contributed by atoms with Crippen LogP contribution < -0.4 is 15.2 Å². The number of carbonyl (C=O) groups excluding carboxylic acids is 1. The summed E-state index contributed by atoms with van der Waals surface area (Å²) in [4.78, 5) is 12.6. The van der Waals surface area contributed by atoms with Crippen LogP contribution in [0.2, 0.25) is 0 Å². The molecule has 2 rings (SSSR count). The summed E-state index contributed by atoms with van der Waals surface area (Å²) in [7, 11) is 2.97. The molecule has 0 spiro atoms. The summed E-state index contributed by atoms with van der Waals surface area (Å²) in [5.74, 6) is -0.0127. The molecule has 0 aromatic heterocycles. The highest BCUT2D eigenvalue weighted by atomic mass is 79.9. The molecule has 0 heterocycles. The minimum atomic E-state index is -0.587. The Kier molecular flexibility index (Phi) is 4.47. The van der Waals surface area contributed by atoms with Gasteiger partial charge in [-0.15, -0.1) is 0 Å². The van der Waals surface area contributed by atoms with E-state index in [1.165, 1.54) is 20.3 Å². The zero-order chi connectivity index (χ0) is 15.6. The van der Waals surface area contributed by atoms with E-state index in [0.29, 0.717) is 21.5 Å². The Morgan fingerprint density at radius 3 is 2.48 bits per heavy atom. The maximum atomic E-state index is 13.4. The number of nitrogens with two attached hydrogens (primary N) is 1. The Balaban J connectivity index is 2.56. The summed E-state index contributed by atoms with van der Waals surface area (Å²) < 4.78 is 24.0. The van der Waals surface area contributed by atoms with Gasteiger partial charge < -0.3 is 15.2 Å². The van der Waals surface area contributed by atoms with Gasteiger partial charge in [-0.25, -0.2) is 4.39 Å². The molecule has 0 amide bonds. The third-order valence-electron chi connectivity index (χ3n) is 2.98. The van der Waals surface area contributed by atoms with Crippen LogP contribution in [0.5, 0.6) is 11.5 Å². The van der Waals surface area contributed by atoms with Crippen LogP contribution in [0.1, 0.15) is 15.9 Å². The fourth-order valence-corrected chi connectivity index (χ4v) is 2.37. The second-order valence-electron chi connectivity index (χ2n) is 4.25. The number of benzene rings is 2. The first-order chi connectivity index (χ1) is 9.97. The number of anilines is 1. The van der Waals surface area contributed by atoms with Gasteiger partial charge in [0, 0.05) is 10.0 Å². The normalized spacial score (nSPS) is 10.3. The molecule has 0 aliphatic carbocycles. The number of ketones is 1. The number of halogens is 2. The number of methoxy groups -OCH3 is 2. The van der Waals surface area contributed by atoms with Crippen molar-refractivity contribution in [3.63, 3.8) is 0 Å². The van der Waals surface area contributed by atoms with Crippen molar-refractivity contribution in [3.8, 4) is 11.5 Å². The summed E-state index contributed by atoms with van der Waals surface area (Å²) in [6.45, 7) is 0. The maximum Gasteiger partial charge on any atom is 0.198 e. The third kappa shape index (κ3) is 3.00. The first kappa shape index (κ1) is 15.3. The van der Waals surface area contributed by atoms with E-state index in [2.05, 4.69) is 15.9 Å². The lowest BCUT2D eigenvalue weighted by Crippen LogP contribution is -2.07. The average molecular weight is 354 g/mol. The Labute approximate surface area is 129 Å². The van der Waals surface area contributed by atoms with Crippen molar-refractivity contribution in [2.45, 2.75) is 0 Å². The molecule has 4 nitrogen and oxygen atoms in total. The van der Waals surface area contributed by atoms with Crippen molar-refractivity contribution in [1.29, 1.82) is 0 Å². The van der Waals surface area contributed by atoms with E-state index in [4.69, 9.17) is 15.2 Å². The van der Waals surface area contributed by atoms with Gasteiger partial charge in [0.1, 0.15) is 17.3 Å². The van der Waals surface area contributed by atoms with Gasteiger partial charge in [0.2, 0.25) is 0 Å². The average Bonchev–Trinajstić information content (AvgIpc) is 2.49. The first-order valence-electron chi connectivity index (χ1n) is 5.99. The summed E-state index contributed by atoms with van der Waals surface area (Å²) in [5, 5.41) is 0. The molecule has 2 aromatic rings. The molecular formula is C15H13BrFNO3. The van der Waals surface area contributed by atoms with Gasteiger partial charge in [-0.1, -0.05) is 0 Å². The number of rotatable bonds is 4. The topological polar surface area (TPSA) is 61.5 Å². The van der Waals surface area contributed by atoms with Gasteiger partial charge >= 0.3 is 0 Å². The van der Waals surface area contributed by atoms with E-state index in [1.807, 2.05) is 0 Å². The predicted molar refractivity (Wildman–Crippen MR) is 81.5 cm³/mol. The maximum absolute atomic E-state index is 13.4. The Morgan fingerprint density at radius 2 is 1.86 bits per heavy atom. The van der Waals surface area contributed by atoms with Crippen LogP contribution in [0.15, 0.2) is 34.8 Å². The zero-order valence-electron chi connectivity index (χ0n) is 11.4. The smallest absolute Gasteiger partial charge is 0.198 e. The van der Waals surface area contributed by atoms with E-state index >= 15 is 0 Å². The molecule has 0 fully saturated rings. The molecule has 110 valence electrons. The Hall–Kier alpha value is -2.08. The van der Waals surface area contributed by atoms with Gasteiger partial charge in [-0.05, 0) is 46.3 Å². The van der Waals surface area contributed by atoms with Crippen LogP contribution in [-0.2, 0) is 0 Å². The van der Waals surface area contributed by atoms with Gasteiger partial charge in [0.15, 0.2) is 5.78 Å². The van der Waals surface area contributed by atoms with Crippen molar-refractivity contribution in [2.75, 3.05) is 20.0 Å². The van der Waals surface area contributed by atoms with Gasteiger partial charge in [0.05, 0.1) is 25.5 Å². The van der Waals surface area contributed by atoms with Gasteiger partial charge in [0.25, 0.3) is 0 Å². The molecular weight excluding hydrogens is 341 g/mol. The highest BCUT2D eigenvalue weighted by Crippen LogP contribution is 2.30. The largest absolute Gasteiger partial charge is 0.497 e. The van der Waals surface area contributed by atoms with Crippen molar-refractivity contribution in [1.82, 2.24) is 0 Å². The number of nitrogen functional groups attached to an aromatic ring is 1. The Morgan fingerprint density at radius 1 is 1.14 bits per heavy atom. The van der Waals surface area contributed by atoms with Crippen LogP contribution in [0.4, 0.5) is 10.1 Å². The number of hydrogen-bond donors (Lipinski definition) is 1. The van der Waals surface area contributed by atoms with E-state index in [9.17, 15) is 9.18 Å². The molecule has 0 radical (unpaired) electrons. The van der Waals surface area contributed by atoms with E-state index in [1.54, 1.807) is 18.2 Å². The van der Waals surface area contributed by atoms with Crippen LogP contribution in [0, 0.1) is 5.82 Å². The van der Waals surface area contributed by atoms with Crippen molar-refractivity contribution < 1.29 is 18.7 Å². The third-order valence-corrected chi connectivity index (χ3v) is 3.64. The SMILES string of the molecule is COc1ccc(OC)c(C(=O)c2cc(N)c(F)cc2Br)c1. The van der Waals surface area contributed by atoms with Gasteiger partial charge in [-0.2, -0.15) is 0 Å². The minimum Gasteiger partial charge on any atom is -0.497 e. The molecule has 2 aromatic carbocycles. The van der Waals surface area contributed by atoms with Gasteiger partial charge in [-0.3, -0.25) is 4.79 Å². The molecule has 2 N–H and O–H groups in total. The molecule has 0 unspecified atom stereocenters. The summed E-state index contributed by atoms with van der Waals surface area (Å²) >= 11 is 3.17.